The van der Waals surface area contributed by atoms with Crippen molar-refractivity contribution in [2.24, 2.45) is 7.05 Å². The maximum Gasteiger partial charge on any atom is 0.0641 e. The van der Waals surface area contributed by atoms with Gasteiger partial charge >= 0.3 is 0 Å². The molecule has 154 valence electrons. The molecule has 0 amide bonds. The Kier molecular flexibility index (Phi) is 3.11. The van der Waals surface area contributed by atoms with Gasteiger partial charge in [-0.25, -0.2) is 0 Å². The van der Waals surface area contributed by atoms with E-state index in [1.165, 1.54) is 71.0 Å². The number of aryl methyl sites for hydroxylation is 1. The third-order valence-electron chi connectivity index (χ3n) is 7.44. The minimum atomic E-state index is 1.26. The first-order valence-corrected chi connectivity index (χ1v) is 11.4. The van der Waals surface area contributed by atoms with Gasteiger partial charge in [0.2, 0.25) is 0 Å². The van der Waals surface area contributed by atoms with E-state index < -0.39 is 0 Å². The van der Waals surface area contributed by atoms with Crippen LogP contribution in [0.3, 0.4) is 0 Å². The smallest absolute Gasteiger partial charge is 0.0641 e. The normalized spacial score (nSPS) is 12.4. The standard InChI is InChI=1S/C31H20N2/c1-32-26-13-7-6-12-23(26)29-28(32)16-15-22-25-18-20(19-9-3-2-4-10-19)17-24-21-11-5-8-14-27(21)33(30(24)25)31(22)29/h2-18H,1H3. The number of para-hydroxylation sites is 2. The minimum Gasteiger partial charge on any atom is -0.344 e. The lowest BCUT2D eigenvalue weighted by molar-refractivity contribution is 1.01. The van der Waals surface area contributed by atoms with Gasteiger partial charge in [0.15, 0.2) is 0 Å². The first-order valence-electron chi connectivity index (χ1n) is 11.4. The second-order valence-corrected chi connectivity index (χ2v) is 9.07. The molecule has 0 aliphatic carbocycles. The Morgan fingerprint density at radius 2 is 1.12 bits per heavy atom. The zero-order chi connectivity index (χ0) is 21.7. The molecule has 0 aliphatic rings. The van der Waals surface area contributed by atoms with Crippen LogP contribution in [0.5, 0.6) is 0 Å². The van der Waals surface area contributed by atoms with Crippen LogP contribution in [0, 0.1) is 0 Å². The van der Waals surface area contributed by atoms with Crippen molar-refractivity contribution in [2.75, 3.05) is 0 Å². The third kappa shape index (κ3) is 2.04. The summed E-state index contributed by atoms with van der Waals surface area (Å²) in [6.45, 7) is 0. The molecule has 3 aromatic heterocycles. The Hall–Kier alpha value is -4.30. The predicted octanol–water partition coefficient (Wildman–Crippen LogP) is 8.15. The van der Waals surface area contributed by atoms with E-state index in [4.69, 9.17) is 0 Å². The van der Waals surface area contributed by atoms with Crippen molar-refractivity contribution in [3.8, 4) is 11.1 Å². The summed E-state index contributed by atoms with van der Waals surface area (Å²) in [4.78, 5) is 0. The summed E-state index contributed by atoms with van der Waals surface area (Å²) in [7, 11) is 2.18. The second-order valence-electron chi connectivity index (χ2n) is 9.07. The van der Waals surface area contributed by atoms with E-state index in [2.05, 4.69) is 119 Å². The van der Waals surface area contributed by atoms with Crippen LogP contribution in [0.25, 0.3) is 71.0 Å². The molecule has 5 aromatic carbocycles. The highest BCUT2D eigenvalue weighted by atomic mass is 15.0. The van der Waals surface area contributed by atoms with Crippen molar-refractivity contribution in [3.63, 3.8) is 0 Å². The monoisotopic (exact) mass is 420 g/mol. The van der Waals surface area contributed by atoms with Gasteiger partial charge in [-0.05, 0) is 41.5 Å². The average Bonchev–Trinajstić information content (AvgIpc) is 3.49. The van der Waals surface area contributed by atoms with E-state index in [0.717, 1.165) is 0 Å². The van der Waals surface area contributed by atoms with Crippen LogP contribution >= 0.6 is 0 Å². The molecular weight excluding hydrogens is 400 g/mol. The van der Waals surface area contributed by atoms with Gasteiger partial charge in [-0.2, -0.15) is 0 Å². The number of fused-ring (bicyclic) bond motifs is 10. The molecular formula is C31H20N2. The lowest BCUT2D eigenvalue weighted by Gasteiger charge is -2.04. The van der Waals surface area contributed by atoms with Crippen molar-refractivity contribution in [2.45, 2.75) is 0 Å². The van der Waals surface area contributed by atoms with E-state index in [0.29, 0.717) is 0 Å². The van der Waals surface area contributed by atoms with Crippen LogP contribution in [0.4, 0.5) is 0 Å². The van der Waals surface area contributed by atoms with Gasteiger partial charge in [0.05, 0.1) is 22.1 Å². The largest absolute Gasteiger partial charge is 0.344 e. The van der Waals surface area contributed by atoms with Gasteiger partial charge in [-0.3, -0.25) is 0 Å². The van der Waals surface area contributed by atoms with Gasteiger partial charge in [0, 0.05) is 44.9 Å². The summed E-state index contributed by atoms with van der Waals surface area (Å²) in [5.41, 5.74) is 8.99. The van der Waals surface area contributed by atoms with Gasteiger partial charge in [-0.15, -0.1) is 0 Å². The number of aromatic nitrogens is 2. The molecule has 2 nitrogen and oxygen atoms in total. The molecule has 3 heterocycles. The highest BCUT2D eigenvalue weighted by Crippen LogP contribution is 2.45. The van der Waals surface area contributed by atoms with E-state index in [9.17, 15) is 0 Å². The summed E-state index contributed by atoms with van der Waals surface area (Å²) in [5, 5.41) is 7.94. The fourth-order valence-corrected chi connectivity index (χ4v) is 6.01. The molecule has 33 heavy (non-hydrogen) atoms. The molecule has 0 saturated carbocycles. The molecule has 8 aromatic rings. The molecule has 8 rings (SSSR count). The summed E-state index contributed by atoms with van der Waals surface area (Å²) in [6, 6.07) is 37.7. The van der Waals surface area contributed by atoms with Gasteiger partial charge < -0.3 is 8.97 Å². The number of nitrogens with zero attached hydrogens (tertiary/aromatic N) is 2. The Morgan fingerprint density at radius 1 is 0.455 bits per heavy atom. The van der Waals surface area contributed by atoms with Crippen LogP contribution in [-0.4, -0.2) is 8.97 Å². The zero-order valence-corrected chi connectivity index (χ0v) is 18.2. The molecule has 0 radical (unpaired) electrons. The van der Waals surface area contributed by atoms with Crippen LogP contribution in [-0.2, 0) is 7.05 Å². The SMILES string of the molecule is Cn1c2ccccc2c2c1ccc1c3cc(-c4ccccc4)cc4c5ccccc5n(c43)c12. The van der Waals surface area contributed by atoms with Gasteiger partial charge in [0.25, 0.3) is 0 Å². The molecule has 0 bridgehead atoms. The third-order valence-corrected chi connectivity index (χ3v) is 7.44. The number of rotatable bonds is 1. The van der Waals surface area contributed by atoms with E-state index >= 15 is 0 Å². The maximum atomic E-state index is 2.51. The highest BCUT2D eigenvalue weighted by molar-refractivity contribution is 6.31. The molecule has 0 spiro atoms. The van der Waals surface area contributed by atoms with Crippen molar-refractivity contribution in [3.05, 3.63) is 103 Å². The fraction of sp³-hybridized carbons (Fsp3) is 0.0323. The highest BCUT2D eigenvalue weighted by Gasteiger charge is 2.22. The first kappa shape index (κ1) is 17.3. The maximum absolute atomic E-state index is 2.51. The quantitative estimate of drug-likeness (QED) is 0.253. The van der Waals surface area contributed by atoms with E-state index in [1.807, 2.05) is 0 Å². The Balaban J connectivity index is 1.70. The van der Waals surface area contributed by atoms with Crippen molar-refractivity contribution in [1.29, 1.82) is 0 Å². The minimum absolute atomic E-state index is 1.26. The van der Waals surface area contributed by atoms with Gasteiger partial charge in [-0.1, -0.05) is 72.8 Å². The molecule has 2 heteroatoms. The second kappa shape index (κ2) is 5.93. The molecule has 0 aliphatic heterocycles. The van der Waals surface area contributed by atoms with E-state index in [1.54, 1.807) is 0 Å². The molecule has 0 fully saturated rings. The summed E-state index contributed by atoms with van der Waals surface area (Å²) >= 11 is 0. The topological polar surface area (TPSA) is 9.34 Å². The van der Waals surface area contributed by atoms with Crippen LogP contribution in [0.15, 0.2) is 103 Å². The lowest BCUT2D eigenvalue weighted by Crippen LogP contribution is -1.86. The van der Waals surface area contributed by atoms with Crippen LogP contribution in [0.1, 0.15) is 0 Å². The zero-order valence-electron chi connectivity index (χ0n) is 18.2. The Bertz CT molecular complexity index is 2020. The number of hydrogen-bond acceptors (Lipinski definition) is 0. The molecule has 0 N–H and O–H groups in total. The Morgan fingerprint density at radius 3 is 1.94 bits per heavy atom. The van der Waals surface area contributed by atoms with Crippen molar-refractivity contribution in [1.82, 2.24) is 8.97 Å². The van der Waals surface area contributed by atoms with Crippen molar-refractivity contribution < 1.29 is 0 Å². The molecule has 0 atom stereocenters. The number of benzene rings is 5. The first-order chi connectivity index (χ1) is 16.3. The summed E-state index contributed by atoms with van der Waals surface area (Å²) < 4.78 is 4.84. The summed E-state index contributed by atoms with van der Waals surface area (Å²) in [5.74, 6) is 0. The molecule has 0 saturated heterocycles. The van der Waals surface area contributed by atoms with Crippen LogP contribution in [0.2, 0.25) is 0 Å². The Labute approximate surface area is 190 Å². The van der Waals surface area contributed by atoms with E-state index in [-0.39, 0.29) is 0 Å². The van der Waals surface area contributed by atoms with Crippen LogP contribution < -0.4 is 0 Å². The number of hydrogen-bond donors (Lipinski definition) is 0. The summed E-state index contributed by atoms with van der Waals surface area (Å²) in [6.07, 6.45) is 0. The molecule has 0 unspecified atom stereocenters. The fourth-order valence-electron chi connectivity index (χ4n) is 6.01. The van der Waals surface area contributed by atoms with Gasteiger partial charge in [0.1, 0.15) is 0 Å². The lowest BCUT2D eigenvalue weighted by atomic mass is 9.99. The van der Waals surface area contributed by atoms with Crippen molar-refractivity contribution >= 4 is 59.9 Å². The predicted molar refractivity (Wildman–Crippen MR) is 141 cm³/mol. The average molecular weight is 421 g/mol.